The van der Waals surface area contributed by atoms with Crippen LogP contribution in [0.1, 0.15) is 89.0 Å². The van der Waals surface area contributed by atoms with Crippen molar-refractivity contribution in [1.82, 2.24) is 5.06 Å². The Labute approximate surface area is 319 Å². The summed E-state index contributed by atoms with van der Waals surface area (Å²) in [7, 11) is -9.30. The van der Waals surface area contributed by atoms with Crippen molar-refractivity contribution in [1.29, 1.82) is 0 Å². The summed E-state index contributed by atoms with van der Waals surface area (Å²) in [6.07, 6.45) is 7.56. The van der Waals surface area contributed by atoms with Gasteiger partial charge in [-0.15, -0.1) is 0 Å². The largest absolute Gasteiger partial charge is 0.506 e. The molecule has 2 heterocycles. The van der Waals surface area contributed by atoms with Crippen molar-refractivity contribution in [2.75, 3.05) is 16.0 Å². The van der Waals surface area contributed by atoms with E-state index in [1.54, 1.807) is 18.2 Å². The Morgan fingerprint density at radius 3 is 1.95 bits per heavy atom. The lowest BCUT2D eigenvalue weighted by molar-refractivity contribution is -0.209. The topological polar surface area (TPSA) is 206 Å². The van der Waals surface area contributed by atoms with Gasteiger partial charge >= 0.3 is 0 Å². The molecule has 2 spiro atoms. The molecule has 15 heteroatoms. The number of ketones is 1. The first-order chi connectivity index (χ1) is 25.8. The van der Waals surface area contributed by atoms with Gasteiger partial charge in [-0.1, -0.05) is 52.0 Å². The molecule has 6 aliphatic rings. The number of hydrogen-bond acceptors (Lipinski definition) is 11. The third-order valence-electron chi connectivity index (χ3n) is 12.6. The summed E-state index contributed by atoms with van der Waals surface area (Å²) in [5.74, 6) is 0.298. The zero-order valence-corrected chi connectivity index (χ0v) is 32.5. The van der Waals surface area contributed by atoms with E-state index in [4.69, 9.17) is 0 Å². The van der Waals surface area contributed by atoms with Gasteiger partial charge in [0.15, 0.2) is 0 Å². The number of benzene rings is 3. The molecule has 3 aromatic rings. The Hall–Kier alpha value is -4.25. The highest BCUT2D eigenvalue weighted by molar-refractivity contribution is 7.86. The fraction of sp³-hybridized carbons (Fsp3) is 0.425. The van der Waals surface area contributed by atoms with Crippen molar-refractivity contribution < 1.29 is 41.0 Å². The third-order valence-corrected chi connectivity index (χ3v) is 14.4. The van der Waals surface area contributed by atoms with E-state index in [-0.39, 0.29) is 55.1 Å². The first-order valence-corrected chi connectivity index (χ1v) is 21.6. The van der Waals surface area contributed by atoms with E-state index in [0.29, 0.717) is 58.3 Å². The van der Waals surface area contributed by atoms with Crippen molar-refractivity contribution in [3.63, 3.8) is 0 Å². The van der Waals surface area contributed by atoms with Crippen LogP contribution in [0.2, 0.25) is 0 Å². The Morgan fingerprint density at radius 2 is 1.33 bits per heavy atom. The van der Waals surface area contributed by atoms with E-state index in [1.165, 1.54) is 30.4 Å². The number of carbonyl (C=O) groups is 1. The summed E-state index contributed by atoms with van der Waals surface area (Å²) >= 11 is 0. The zero-order valence-electron chi connectivity index (χ0n) is 30.8. The van der Waals surface area contributed by atoms with E-state index < -0.39 is 43.4 Å². The van der Waals surface area contributed by atoms with E-state index in [0.717, 1.165) is 30.7 Å². The minimum atomic E-state index is -4.67. The molecule has 5 unspecified atom stereocenters. The second kappa shape index (κ2) is 11.9. The van der Waals surface area contributed by atoms with E-state index in [9.17, 15) is 41.0 Å². The molecule has 2 saturated carbocycles. The van der Waals surface area contributed by atoms with Gasteiger partial charge in [0.1, 0.15) is 26.9 Å². The molecule has 0 saturated heterocycles. The van der Waals surface area contributed by atoms with Gasteiger partial charge in [-0.3, -0.25) is 13.9 Å². The molecule has 2 aliphatic heterocycles. The average Bonchev–Trinajstić information content (AvgIpc) is 3.06. The molecule has 3 aromatic carbocycles. The maximum Gasteiger partial charge on any atom is 0.295 e. The normalized spacial score (nSPS) is 32.9. The molecule has 0 radical (unpaired) electrons. The Bertz CT molecular complexity index is 2560. The summed E-state index contributed by atoms with van der Waals surface area (Å²) in [6.45, 7) is 8.56. The number of carbonyl (C=O) groups excluding carboxylic acids is 1. The number of nitrogens with one attached hydrogen (secondary N) is 3. The first-order valence-electron chi connectivity index (χ1n) is 18.8. The number of Topliss-reactive ketones (excluding diaryl/α,β-unsaturated/α-hetero) is 1. The molecule has 4 aliphatic carbocycles. The predicted molar refractivity (Wildman–Crippen MR) is 208 cm³/mol. The zero-order chi connectivity index (χ0) is 39.1. The van der Waals surface area contributed by atoms with Crippen LogP contribution < -0.4 is 16.0 Å². The third kappa shape index (κ3) is 5.41. The lowest BCUT2D eigenvalue weighted by atomic mass is 9.70. The van der Waals surface area contributed by atoms with Gasteiger partial charge in [0.25, 0.3) is 20.2 Å². The molecule has 9 rings (SSSR count). The molecule has 55 heavy (non-hydrogen) atoms. The molecule has 2 fully saturated rings. The Morgan fingerprint density at radius 1 is 0.727 bits per heavy atom. The predicted octanol–water partition coefficient (Wildman–Crippen LogP) is 7.51. The van der Waals surface area contributed by atoms with Crippen LogP contribution in [0.5, 0.6) is 0 Å². The molecular weight excluding hydrogens is 745 g/mol. The maximum absolute atomic E-state index is 14.6. The summed E-state index contributed by atoms with van der Waals surface area (Å²) in [5, 5.41) is 36.9. The number of anilines is 3. The number of allylic oxidation sites excluding steroid dienone is 2. The SMILES string of the molecule is CC1CC(C)CC2(C1)Nc1ccc(S(=O)(=O)O)c3ccc(C4=C(O)/C(=C5/C=Cc6c(S(=O)(=O)O)ccc7c6C5N(O)C5(CC(C)CC(C)C5)N7)C4=O)c(c13)N2. The van der Waals surface area contributed by atoms with Crippen molar-refractivity contribution in [3.8, 4) is 0 Å². The van der Waals surface area contributed by atoms with Crippen LogP contribution in [-0.4, -0.2) is 58.4 Å². The fourth-order valence-corrected chi connectivity index (χ4v) is 12.5. The highest BCUT2D eigenvalue weighted by Crippen LogP contribution is 2.57. The first kappa shape index (κ1) is 36.4. The monoisotopic (exact) mass is 788 g/mol. The number of aliphatic hydroxyl groups is 1. The number of aliphatic hydroxyl groups excluding tert-OH is 1. The fourth-order valence-electron chi connectivity index (χ4n) is 11.1. The molecular formula is C40H44N4O9S2. The van der Waals surface area contributed by atoms with Gasteiger partial charge in [0.05, 0.1) is 22.9 Å². The molecule has 0 aromatic heterocycles. The van der Waals surface area contributed by atoms with Crippen LogP contribution in [0.3, 0.4) is 0 Å². The van der Waals surface area contributed by atoms with Gasteiger partial charge in [-0.05, 0) is 92.0 Å². The summed E-state index contributed by atoms with van der Waals surface area (Å²) in [5.41, 5.74) is 1.14. The molecule has 290 valence electrons. The Kier molecular flexibility index (Phi) is 7.86. The van der Waals surface area contributed by atoms with E-state index in [2.05, 4.69) is 43.6 Å². The molecule has 0 bridgehead atoms. The van der Waals surface area contributed by atoms with Gasteiger partial charge < -0.3 is 26.3 Å². The average molecular weight is 789 g/mol. The number of hydroxylamine groups is 2. The van der Waals surface area contributed by atoms with Gasteiger partial charge in [0, 0.05) is 38.8 Å². The van der Waals surface area contributed by atoms with Crippen LogP contribution >= 0.6 is 0 Å². The smallest absolute Gasteiger partial charge is 0.295 e. The van der Waals surface area contributed by atoms with Gasteiger partial charge in [-0.25, -0.2) is 0 Å². The second-order valence-corrected chi connectivity index (χ2v) is 19.9. The van der Waals surface area contributed by atoms with Crippen molar-refractivity contribution in [3.05, 3.63) is 76.1 Å². The van der Waals surface area contributed by atoms with Gasteiger partial charge in [0.2, 0.25) is 5.78 Å². The number of hydrogen-bond donors (Lipinski definition) is 7. The quantitative estimate of drug-likeness (QED) is 0.102. The van der Waals surface area contributed by atoms with Crippen LogP contribution in [0.15, 0.2) is 69.2 Å². The van der Waals surface area contributed by atoms with E-state index >= 15 is 0 Å². The van der Waals surface area contributed by atoms with Gasteiger partial charge in [-0.2, -0.15) is 21.9 Å². The lowest BCUT2D eigenvalue weighted by Crippen LogP contribution is -2.61. The van der Waals surface area contributed by atoms with Crippen LogP contribution in [0.25, 0.3) is 22.4 Å². The van der Waals surface area contributed by atoms with Crippen molar-refractivity contribution in [2.45, 2.75) is 93.4 Å². The highest BCUT2D eigenvalue weighted by atomic mass is 32.2. The lowest BCUT2D eigenvalue weighted by Gasteiger charge is -2.55. The molecule has 0 amide bonds. The minimum Gasteiger partial charge on any atom is -0.506 e. The van der Waals surface area contributed by atoms with Crippen LogP contribution in [0, 0.1) is 23.7 Å². The second-order valence-electron chi connectivity index (χ2n) is 17.1. The summed E-state index contributed by atoms with van der Waals surface area (Å²) < 4.78 is 70.4. The maximum atomic E-state index is 14.6. The van der Waals surface area contributed by atoms with Crippen LogP contribution in [-0.2, 0) is 25.0 Å². The van der Waals surface area contributed by atoms with Crippen molar-refractivity contribution in [2.24, 2.45) is 23.7 Å². The molecule has 5 atom stereocenters. The van der Waals surface area contributed by atoms with Crippen molar-refractivity contribution >= 4 is 65.5 Å². The number of rotatable bonds is 3. The molecule has 13 nitrogen and oxygen atoms in total. The van der Waals surface area contributed by atoms with Crippen LogP contribution in [0.4, 0.5) is 17.1 Å². The minimum absolute atomic E-state index is 0.00298. The Balaban J connectivity index is 1.24. The molecule has 7 N–H and O–H groups in total. The highest BCUT2D eigenvalue weighted by Gasteiger charge is 2.53. The number of nitrogens with zero attached hydrogens (tertiary/aromatic N) is 1. The summed E-state index contributed by atoms with van der Waals surface area (Å²) in [4.78, 5) is 14.0. The standard InChI is InChI=1S/C40H44N4O9S2/c1-19-13-20(2)16-39(15-19)41-27-9-11-29(54(48,49)50)23-5-7-25(35(43-39)31(23)27)33-37(45)34(38(33)46)26-8-6-24-30(55(51,52)53)12-10-28-32(24)36(26)44(47)40(42-28)17-21(3)14-22(4)18-40/h5-12,19-22,36,41-43,45,47H,13-18H2,1-4H3,(H,48,49,50)(H,51,52,53)/b34-26+. The van der Waals surface area contributed by atoms with E-state index in [1.807, 2.05) is 0 Å². The summed E-state index contributed by atoms with van der Waals surface area (Å²) in [6, 6.07) is 7.89.